The minimum absolute atomic E-state index is 0.0235. The number of amides is 1. The molecule has 1 aromatic rings. The zero-order valence-corrected chi connectivity index (χ0v) is 9.44. The summed E-state index contributed by atoms with van der Waals surface area (Å²) in [4.78, 5) is 11.5. The van der Waals surface area contributed by atoms with Crippen molar-refractivity contribution in [2.75, 3.05) is 6.54 Å². The molecule has 0 aliphatic heterocycles. The fraction of sp³-hybridized carbons (Fsp3) is 0.364. The first-order chi connectivity index (χ1) is 7.00. The van der Waals surface area contributed by atoms with Crippen molar-refractivity contribution in [3.63, 3.8) is 0 Å². The molecule has 0 saturated carbocycles. The Kier molecular flexibility index (Phi) is 4.09. The smallest absolute Gasteiger partial charge is 0.251 e. The summed E-state index contributed by atoms with van der Waals surface area (Å²) in [5, 5.41) is 2.72. The second-order valence-corrected chi connectivity index (χ2v) is 4.14. The molecular weight excluding hydrogens is 217 g/mol. The summed E-state index contributed by atoms with van der Waals surface area (Å²) in [6.07, 6.45) is 0. The molecule has 4 heteroatoms. The summed E-state index contributed by atoms with van der Waals surface area (Å²) in [5.41, 5.74) is 0.289. The molecule has 1 amide bonds. The Labute approximate surface area is 93.4 Å². The largest absolute Gasteiger partial charge is 0.352 e. The van der Waals surface area contributed by atoms with Crippen molar-refractivity contribution in [3.05, 3.63) is 34.6 Å². The van der Waals surface area contributed by atoms with E-state index in [1.54, 1.807) is 0 Å². The summed E-state index contributed by atoms with van der Waals surface area (Å²) in [6.45, 7) is 4.55. The third-order valence-corrected chi connectivity index (χ3v) is 2.16. The fourth-order valence-electron chi connectivity index (χ4n) is 1.04. The second kappa shape index (κ2) is 5.12. The maximum atomic E-state index is 13.0. The van der Waals surface area contributed by atoms with Crippen LogP contribution >= 0.6 is 11.6 Å². The van der Waals surface area contributed by atoms with Gasteiger partial charge in [0.05, 0.1) is 5.02 Å². The second-order valence-electron chi connectivity index (χ2n) is 3.73. The van der Waals surface area contributed by atoms with Crippen LogP contribution in [-0.2, 0) is 0 Å². The quantitative estimate of drug-likeness (QED) is 0.849. The monoisotopic (exact) mass is 229 g/mol. The Morgan fingerprint density at radius 2 is 2.20 bits per heavy atom. The first-order valence-electron chi connectivity index (χ1n) is 4.74. The Balaban J connectivity index is 2.70. The van der Waals surface area contributed by atoms with E-state index >= 15 is 0 Å². The number of nitrogens with one attached hydrogen (secondary N) is 1. The average molecular weight is 230 g/mol. The van der Waals surface area contributed by atoms with Gasteiger partial charge in [-0.15, -0.1) is 0 Å². The van der Waals surface area contributed by atoms with E-state index in [0.29, 0.717) is 12.5 Å². The maximum absolute atomic E-state index is 13.0. The van der Waals surface area contributed by atoms with E-state index in [9.17, 15) is 9.18 Å². The number of hydrogen-bond donors (Lipinski definition) is 1. The number of rotatable bonds is 3. The zero-order chi connectivity index (χ0) is 11.4. The molecule has 82 valence electrons. The number of carbonyl (C=O) groups is 1. The van der Waals surface area contributed by atoms with Gasteiger partial charge in [-0.1, -0.05) is 25.4 Å². The van der Waals surface area contributed by atoms with E-state index in [2.05, 4.69) is 5.32 Å². The molecule has 0 aromatic heterocycles. The summed E-state index contributed by atoms with van der Waals surface area (Å²) in [5.74, 6) is -0.487. The lowest BCUT2D eigenvalue weighted by Gasteiger charge is -2.07. The fourth-order valence-corrected chi connectivity index (χ4v) is 1.15. The molecule has 1 aromatic carbocycles. The van der Waals surface area contributed by atoms with Gasteiger partial charge >= 0.3 is 0 Å². The van der Waals surface area contributed by atoms with Gasteiger partial charge in [-0.05, 0) is 24.1 Å². The van der Waals surface area contributed by atoms with Gasteiger partial charge in [-0.25, -0.2) is 4.39 Å². The number of hydrogen-bond acceptors (Lipinski definition) is 1. The molecule has 0 saturated heterocycles. The van der Waals surface area contributed by atoms with Crippen molar-refractivity contribution in [2.45, 2.75) is 13.8 Å². The summed E-state index contributed by atoms with van der Waals surface area (Å²) < 4.78 is 13.0. The Morgan fingerprint density at radius 1 is 1.53 bits per heavy atom. The van der Waals surface area contributed by atoms with E-state index in [0.717, 1.165) is 6.07 Å². The molecule has 0 aliphatic carbocycles. The van der Waals surface area contributed by atoms with Crippen LogP contribution in [0.4, 0.5) is 4.39 Å². The van der Waals surface area contributed by atoms with Crippen LogP contribution in [0.5, 0.6) is 0 Å². The molecule has 0 radical (unpaired) electrons. The van der Waals surface area contributed by atoms with Crippen molar-refractivity contribution in [1.82, 2.24) is 5.32 Å². The van der Waals surface area contributed by atoms with Crippen molar-refractivity contribution >= 4 is 17.5 Å². The number of benzene rings is 1. The van der Waals surface area contributed by atoms with Crippen molar-refractivity contribution < 1.29 is 9.18 Å². The average Bonchev–Trinajstić information content (AvgIpc) is 2.18. The lowest BCUT2D eigenvalue weighted by atomic mass is 10.2. The zero-order valence-electron chi connectivity index (χ0n) is 8.68. The minimum Gasteiger partial charge on any atom is -0.352 e. The SMILES string of the molecule is CC(C)CNC(=O)c1ccc(Cl)c(F)c1. The molecule has 0 aliphatic rings. The van der Waals surface area contributed by atoms with Gasteiger partial charge in [-0.3, -0.25) is 4.79 Å². The highest BCUT2D eigenvalue weighted by Gasteiger charge is 2.08. The van der Waals surface area contributed by atoms with E-state index in [1.165, 1.54) is 12.1 Å². The van der Waals surface area contributed by atoms with Crippen molar-refractivity contribution in [3.8, 4) is 0 Å². The van der Waals surface area contributed by atoms with E-state index in [4.69, 9.17) is 11.6 Å². The molecule has 15 heavy (non-hydrogen) atoms. The highest BCUT2D eigenvalue weighted by molar-refractivity contribution is 6.30. The third kappa shape index (κ3) is 3.51. The van der Waals surface area contributed by atoms with Crippen molar-refractivity contribution in [1.29, 1.82) is 0 Å². The van der Waals surface area contributed by atoms with Gasteiger partial charge in [0.1, 0.15) is 5.82 Å². The lowest BCUT2D eigenvalue weighted by Crippen LogP contribution is -2.27. The number of carbonyl (C=O) groups excluding carboxylic acids is 1. The first kappa shape index (κ1) is 12.0. The van der Waals surface area contributed by atoms with Crippen LogP contribution in [0.2, 0.25) is 5.02 Å². The Hall–Kier alpha value is -1.09. The van der Waals surface area contributed by atoms with Gasteiger partial charge in [0, 0.05) is 12.1 Å². The van der Waals surface area contributed by atoms with Gasteiger partial charge in [0.2, 0.25) is 0 Å². The summed E-state index contributed by atoms with van der Waals surface area (Å²) >= 11 is 5.51. The molecule has 1 rings (SSSR count). The molecule has 1 N–H and O–H groups in total. The molecule has 0 bridgehead atoms. The molecule has 0 unspecified atom stereocenters. The third-order valence-electron chi connectivity index (χ3n) is 1.85. The molecule has 0 heterocycles. The van der Waals surface area contributed by atoms with Crippen LogP contribution in [0.15, 0.2) is 18.2 Å². The summed E-state index contributed by atoms with van der Waals surface area (Å²) in [7, 11) is 0. The van der Waals surface area contributed by atoms with Gasteiger partial charge in [0.25, 0.3) is 5.91 Å². The van der Waals surface area contributed by atoms with Crippen LogP contribution in [0.3, 0.4) is 0 Å². The van der Waals surface area contributed by atoms with Crippen LogP contribution < -0.4 is 5.32 Å². The molecule has 2 nitrogen and oxygen atoms in total. The highest BCUT2D eigenvalue weighted by atomic mass is 35.5. The topological polar surface area (TPSA) is 29.1 Å². The lowest BCUT2D eigenvalue weighted by molar-refractivity contribution is 0.0948. The minimum atomic E-state index is -0.575. The number of halogens is 2. The van der Waals surface area contributed by atoms with Crippen LogP contribution in [0.25, 0.3) is 0 Å². The van der Waals surface area contributed by atoms with Crippen molar-refractivity contribution in [2.24, 2.45) is 5.92 Å². The molecule has 0 atom stereocenters. The van der Waals surface area contributed by atoms with Crippen LogP contribution in [-0.4, -0.2) is 12.5 Å². The summed E-state index contributed by atoms with van der Waals surface area (Å²) in [6, 6.07) is 4.01. The maximum Gasteiger partial charge on any atom is 0.251 e. The predicted molar refractivity (Wildman–Crippen MR) is 58.6 cm³/mol. The van der Waals surface area contributed by atoms with E-state index < -0.39 is 5.82 Å². The first-order valence-corrected chi connectivity index (χ1v) is 5.11. The predicted octanol–water partition coefficient (Wildman–Crippen LogP) is 2.86. The highest BCUT2D eigenvalue weighted by Crippen LogP contribution is 2.15. The van der Waals surface area contributed by atoms with E-state index in [-0.39, 0.29) is 16.5 Å². The Morgan fingerprint density at radius 3 is 2.73 bits per heavy atom. The van der Waals surface area contributed by atoms with Gasteiger partial charge in [-0.2, -0.15) is 0 Å². The molecule has 0 spiro atoms. The van der Waals surface area contributed by atoms with Crippen LogP contribution in [0, 0.1) is 11.7 Å². The Bertz CT molecular complexity index is 366. The normalized spacial score (nSPS) is 10.5. The molecule has 0 fully saturated rings. The van der Waals surface area contributed by atoms with Gasteiger partial charge in [0.15, 0.2) is 0 Å². The molecular formula is C11H13ClFNO. The van der Waals surface area contributed by atoms with Gasteiger partial charge < -0.3 is 5.32 Å². The van der Waals surface area contributed by atoms with Crippen LogP contribution in [0.1, 0.15) is 24.2 Å². The van der Waals surface area contributed by atoms with E-state index in [1.807, 2.05) is 13.8 Å². The standard InChI is InChI=1S/C11H13ClFNO/c1-7(2)6-14-11(15)8-3-4-9(12)10(13)5-8/h3-5,7H,6H2,1-2H3,(H,14,15).